The van der Waals surface area contributed by atoms with Gasteiger partial charge in [-0.05, 0) is 48.2 Å². The molecule has 3 nitrogen and oxygen atoms in total. The van der Waals surface area contributed by atoms with E-state index in [0.29, 0.717) is 22.4 Å². The van der Waals surface area contributed by atoms with Crippen molar-refractivity contribution < 1.29 is 9.59 Å². The van der Waals surface area contributed by atoms with Gasteiger partial charge in [0.1, 0.15) is 0 Å². The summed E-state index contributed by atoms with van der Waals surface area (Å²) in [6, 6.07) is 18.6. The lowest BCUT2D eigenvalue weighted by molar-refractivity contribution is -0.112. The number of rotatable bonds is 2. The van der Waals surface area contributed by atoms with Crippen LogP contribution in [0.4, 0.5) is 5.69 Å². The summed E-state index contributed by atoms with van der Waals surface area (Å²) >= 11 is 1.56. The fourth-order valence-corrected chi connectivity index (χ4v) is 3.67. The Balaban J connectivity index is 1.92. The number of thiophene rings is 1. The number of carbonyl (C=O) groups excluding carboxylic acids is 2. The minimum atomic E-state index is -0.289. The summed E-state index contributed by atoms with van der Waals surface area (Å²) in [6.45, 7) is 1.94. The molecule has 25 heavy (non-hydrogen) atoms. The monoisotopic (exact) mass is 345 g/mol. The molecular formula is C21H15NO2S. The lowest BCUT2D eigenvalue weighted by atomic mass is 9.92. The third-order valence-corrected chi connectivity index (χ3v) is 4.99. The van der Waals surface area contributed by atoms with Crippen LogP contribution in [0.3, 0.4) is 0 Å². The van der Waals surface area contributed by atoms with Crippen LogP contribution in [-0.2, 0) is 4.79 Å². The molecule has 2 heterocycles. The van der Waals surface area contributed by atoms with Gasteiger partial charge in [0.2, 0.25) is 0 Å². The number of nitrogens with zero attached hydrogens (tertiary/aromatic N) is 1. The Labute approximate surface area is 149 Å². The van der Waals surface area contributed by atoms with Crippen molar-refractivity contribution in [1.82, 2.24) is 0 Å². The molecule has 0 radical (unpaired) electrons. The summed E-state index contributed by atoms with van der Waals surface area (Å²) in [5.41, 5.74) is 3.38. The zero-order valence-corrected chi connectivity index (χ0v) is 14.4. The van der Waals surface area contributed by atoms with Crippen molar-refractivity contribution in [3.63, 3.8) is 0 Å². The Morgan fingerprint density at radius 2 is 1.68 bits per heavy atom. The first-order valence-corrected chi connectivity index (χ1v) is 8.83. The van der Waals surface area contributed by atoms with Crippen molar-refractivity contribution in [2.45, 2.75) is 6.92 Å². The van der Waals surface area contributed by atoms with Crippen LogP contribution >= 0.6 is 11.3 Å². The highest BCUT2D eigenvalue weighted by Crippen LogP contribution is 2.34. The van der Waals surface area contributed by atoms with Gasteiger partial charge in [-0.1, -0.05) is 36.4 Å². The lowest BCUT2D eigenvalue weighted by Gasteiger charge is -2.28. The predicted octanol–water partition coefficient (Wildman–Crippen LogP) is 4.78. The van der Waals surface area contributed by atoms with Crippen molar-refractivity contribution >= 4 is 40.5 Å². The van der Waals surface area contributed by atoms with Gasteiger partial charge < -0.3 is 0 Å². The second-order valence-electron chi connectivity index (χ2n) is 5.90. The van der Waals surface area contributed by atoms with Crippen molar-refractivity contribution in [3.8, 4) is 0 Å². The van der Waals surface area contributed by atoms with Gasteiger partial charge in [0.15, 0.2) is 0 Å². The molecule has 1 aliphatic rings. The molecule has 2 aromatic carbocycles. The van der Waals surface area contributed by atoms with Crippen LogP contribution in [0.5, 0.6) is 0 Å². The molecular weight excluding hydrogens is 330 g/mol. The van der Waals surface area contributed by atoms with Crippen LogP contribution in [-0.4, -0.2) is 11.8 Å². The maximum absolute atomic E-state index is 13.2. The molecule has 1 aliphatic heterocycles. The summed E-state index contributed by atoms with van der Waals surface area (Å²) in [4.78, 5) is 28.4. The molecule has 1 aromatic heterocycles. The van der Waals surface area contributed by atoms with Crippen LogP contribution in [0, 0.1) is 6.92 Å². The largest absolute Gasteiger partial charge is 0.268 e. The first-order chi connectivity index (χ1) is 12.1. The van der Waals surface area contributed by atoms with Gasteiger partial charge in [0.05, 0.1) is 5.69 Å². The van der Waals surface area contributed by atoms with Gasteiger partial charge in [0.25, 0.3) is 11.8 Å². The maximum atomic E-state index is 13.2. The Kier molecular flexibility index (Phi) is 3.82. The third kappa shape index (κ3) is 2.71. The third-order valence-electron chi connectivity index (χ3n) is 4.17. The molecule has 4 heteroatoms. The fraction of sp³-hybridized carbons (Fsp3) is 0.0476. The molecule has 4 rings (SSSR count). The van der Waals surface area contributed by atoms with Gasteiger partial charge in [-0.2, -0.15) is 0 Å². The molecule has 0 atom stereocenters. The first kappa shape index (κ1) is 15.5. The van der Waals surface area contributed by atoms with Crippen LogP contribution in [0.25, 0.3) is 11.6 Å². The molecule has 3 aromatic rings. The fourth-order valence-electron chi connectivity index (χ4n) is 3.01. The van der Waals surface area contributed by atoms with E-state index in [4.69, 9.17) is 0 Å². The number of hydrogen-bond donors (Lipinski definition) is 0. The molecule has 0 bridgehead atoms. The number of hydrogen-bond acceptors (Lipinski definition) is 3. The molecule has 0 N–H and O–H groups in total. The summed E-state index contributed by atoms with van der Waals surface area (Å²) in [5.74, 6) is -0.572. The number of carbonyl (C=O) groups is 2. The molecule has 2 amide bonds. The topological polar surface area (TPSA) is 37.4 Å². The lowest BCUT2D eigenvalue weighted by Crippen LogP contribution is -2.41. The number of amides is 2. The van der Waals surface area contributed by atoms with E-state index in [9.17, 15) is 9.59 Å². The van der Waals surface area contributed by atoms with E-state index < -0.39 is 0 Å². The van der Waals surface area contributed by atoms with E-state index in [1.165, 1.54) is 4.90 Å². The molecule has 0 spiro atoms. The molecule has 122 valence electrons. The van der Waals surface area contributed by atoms with Gasteiger partial charge in [0, 0.05) is 21.6 Å². The maximum Gasteiger partial charge on any atom is 0.266 e. The summed E-state index contributed by atoms with van der Waals surface area (Å²) in [6.07, 6.45) is 1.86. The second kappa shape index (κ2) is 6.15. The summed E-state index contributed by atoms with van der Waals surface area (Å²) in [5, 5.41) is 1.97. The van der Waals surface area contributed by atoms with Gasteiger partial charge in [-0.25, -0.2) is 4.90 Å². The summed E-state index contributed by atoms with van der Waals surface area (Å²) in [7, 11) is 0. The van der Waals surface area contributed by atoms with Crippen LogP contribution in [0.2, 0.25) is 0 Å². The van der Waals surface area contributed by atoms with Gasteiger partial charge >= 0.3 is 0 Å². The standard InChI is InChI=1S/C21H15NO2S/c1-14-6-4-7-15(12-14)22-20(23)18-10-3-2-9-17(18)19(21(22)24)13-16-8-5-11-25-16/h2-13H,1H3/b19-13+. The Morgan fingerprint density at radius 1 is 0.880 bits per heavy atom. The van der Waals surface area contributed by atoms with Crippen LogP contribution in [0.15, 0.2) is 66.0 Å². The molecule has 0 aliphatic carbocycles. The highest BCUT2D eigenvalue weighted by molar-refractivity contribution is 7.11. The normalized spacial score (nSPS) is 15.6. The second-order valence-corrected chi connectivity index (χ2v) is 6.88. The van der Waals surface area contributed by atoms with Crippen molar-refractivity contribution in [1.29, 1.82) is 0 Å². The van der Waals surface area contributed by atoms with Crippen molar-refractivity contribution in [2.75, 3.05) is 4.90 Å². The highest BCUT2D eigenvalue weighted by Gasteiger charge is 2.35. The Morgan fingerprint density at radius 3 is 2.40 bits per heavy atom. The molecule has 0 fully saturated rings. The zero-order chi connectivity index (χ0) is 17.4. The minimum absolute atomic E-state index is 0.283. The average Bonchev–Trinajstić information content (AvgIpc) is 3.12. The van der Waals surface area contributed by atoms with E-state index in [0.717, 1.165) is 10.4 Å². The van der Waals surface area contributed by atoms with E-state index in [2.05, 4.69) is 0 Å². The highest BCUT2D eigenvalue weighted by atomic mass is 32.1. The van der Waals surface area contributed by atoms with E-state index >= 15 is 0 Å². The van der Waals surface area contributed by atoms with E-state index in [-0.39, 0.29) is 11.8 Å². The molecule has 0 saturated carbocycles. The zero-order valence-electron chi connectivity index (χ0n) is 13.6. The summed E-state index contributed by atoms with van der Waals surface area (Å²) < 4.78 is 0. The SMILES string of the molecule is Cc1cccc(N2C(=O)/C(=C/c3cccs3)c3ccccc3C2=O)c1. The number of aryl methyl sites for hydroxylation is 1. The van der Waals surface area contributed by atoms with Crippen molar-refractivity contribution in [3.05, 3.63) is 87.6 Å². The quantitative estimate of drug-likeness (QED) is 0.495. The van der Waals surface area contributed by atoms with Gasteiger partial charge in [-0.15, -0.1) is 11.3 Å². The first-order valence-electron chi connectivity index (χ1n) is 7.95. The average molecular weight is 345 g/mol. The molecule has 0 saturated heterocycles. The number of imide groups is 1. The number of fused-ring (bicyclic) bond motifs is 1. The molecule has 0 unspecified atom stereocenters. The predicted molar refractivity (Wildman–Crippen MR) is 102 cm³/mol. The smallest absolute Gasteiger partial charge is 0.266 e. The van der Waals surface area contributed by atoms with Crippen LogP contribution in [0.1, 0.15) is 26.4 Å². The Hall–Kier alpha value is -2.98. The minimum Gasteiger partial charge on any atom is -0.268 e. The van der Waals surface area contributed by atoms with Gasteiger partial charge in [-0.3, -0.25) is 9.59 Å². The van der Waals surface area contributed by atoms with Crippen molar-refractivity contribution in [2.24, 2.45) is 0 Å². The van der Waals surface area contributed by atoms with E-state index in [1.807, 2.05) is 66.9 Å². The van der Waals surface area contributed by atoms with Crippen LogP contribution < -0.4 is 4.90 Å². The Bertz CT molecular complexity index is 1000. The number of benzene rings is 2. The van der Waals surface area contributed by atoms with E-state index in [1.54, 1.807) is 23.5 Å². The number of anilines is 1.